The summed E-state index contributed by atoms with van der Waals surface area (Å²) in [5.41, 5.74) is 0. The van der Waals surface area contributed by atoms with E-state index < -0.39 is 97.5 Å². The molecule has 3 N–H and O–H groups in total. The van der Waals surface area contributed by atoms with E-state index in [1.807, 2.05) is 0 Å². The lowest BCUT2D eigenvalue weighted by Crippen LogP contribution is -2.30. The van der Waals surface area contributed by atoms with Gasteiger partial charge in [-0.1, -0.05) is 421 Å². The minimum Gasteiger partial charge on any atom is -0.462 e. The van der Waals surface area contributed by atoms with Crippen molar-refractivity contribution in [3.05, 3.63) is 0 Å². The Bertz CT molecular complexity index is 2110. The number of phosphoric acid groups is 2. The molecule has 0 amide bonds. The number of phosphoric ester groups is 2. The third kappa shape index (κ3) is 81.0. The lowest BCUT2D eigenvalue weighted by atomic mass is 9.99. The Morgan fingerprint density at radius 3 is 0.651 bits per heavy atom. The van der Waals surface area contributed by atoms with Crippen LogP contribution in [0, 0.1) is 23.7 Å². The maximum absolute atomic E-state index is 13.2. The average molecular weight is 1590 g/mol. The minimum atomic E-state index is -4.97. The van der Waals surface area contributed by atoms with Crippen LogP contribution in [0.15, 0.2) is 0 Å². The van der Waals surface area contributed by atoms with Gasteiger partial charge in [0.05, 0.1) is 26.4 Å². The summed E-state index contributed by atoms with van der Waals surface area (Å²) < 4.78 is 69.0. The molecule has 0 bridgehead atoms. The molecule has 0 saturated heterocycles. The number of ether oxygens (including phenoxy) is 4. The van der Waals surface area contributed by atoms with E-state index in [1.165, 1.54) is 276 Å². The zero-order chi connectivity index (χ0) is 80.2. The molecule has 648 valence electrons. The summed E-state index contributed by atoms with van der Waals surface area (Å²) in [4.78, 5) is 73.3. The number of aliphatic hydroxyl groups is 1. The molecular weight excluding hydrogens is 1410 g/mol. The van der Waals surface area contributed by atoms with Gasteiger partial charge in [-0.25, -0.2) is 9.13 Å². The van der Waals surface area contributed by atoms with Gasteiger partial charge in [-0.3, -0.25) is 37.3 Å². The van der Waals surface area contributed by atoms with Gasteiger partial charge in [-0.2, -0.15) is 0 Å². The quantitative estimate of drug-likeness (QED) is 0.0222. The van der Waals surface area contributed by atoms with Crippen molar-refractivity contribution in [2.75, 3.05) is 39.6 Å². The highest BCUT2D eigenvalue weighted by Gasteiger charge is 2.31. The van der Waals surface area contributed by atoms with Gasteiger partial charge in [0.1, 0.15) is 19.3 Å². The summed E-state index contributed by atoms with van der Waals surface area (Å²) in [6.07, 6.45) is 69.5. The third-order valence-electron chi connectivity index (χ3n) is 21.8. The van der Waals surface area contributed by atoms with E-state index in [-0.39, 0.29) is 25.7 Å². The number of hydrogen-bond donors (Lipinski definition) is 3. The predicted molar refractivity (Wildman–Crippen MR) is 451 cm³/mol. The Kier molecular flexibility index (Phi) is 77.2. The molecule has 0 saturated carbocycles. The molecule has 0 aromatic heterocycles. The van der Waals surface area contributed by atoms with Crippen LogP contribution in [0.4, 0.5) is 0 Å². The molecule has 0 fully saturated rings. The lowest BCUT2D eigenvalue weighted by molar-refractivity contribution is -0.161. The van der Waals surface area contributed by atoms with E-state index in [0.29, 0.717) is 25.7 Å². The van der Waals surface area contributed by atoms with Gasteiger partial charge in [0.15, 0.2) is 12.2 Å². The van der Waals surface area contributed by atoms with E-state index in [9.17, 15) is 43.2 Å². The molecule has 0 rings (SSSR count). The smallest absolute Gasteiger partial charge is 0.462 e. The highest BCUT2D eigenvalue weighted by atomic mass is 31.2. The van der Waals surface area contributed by atoms with Gasteiger partial charge >= 0.3 is 39.5 Å². The maximum atomic E-state index is 13.2. The Hall–Kier alpha value is -1.94. The van der Waals surface area contributed by atoms with Gasteiger partial charge in [-0.05, 0) is 49.4 Å². The molecule has 0 spiro atoms. The highest BCUT2D eigenvalue weighted by molar-refractivity contribution is 7.47. The molecule has 0 heterocycles. The second-order valence-corrected chi connectivity index (χ2v) is 36.7. The van der Waals surface area contributed by atoms with Gasteiger partial charge in [0, 0.05) is 25.7 Å². The number of rotatable bonds is 87. The number of hydrogen-bond acceptors (Lipinski definition) is 15. The first-order chi connectivity index (χ1) is 52.7. The fourth-order valence-electron chi connectivity index (χ4n) is 14.0. The standard InChI is InChI=1S/C90H176O17P2/c1-9-82(7)68-60-52-44-35-29-23-19-15-11-13-17-21-25-31-37-46-54-62-70-87(92)100-76-85(106-89(94)72-64-56-48-38-32-26-22-18-14-12-16-20-24-30-36-45-53-61-69-83(8)10-2)78-104-108(96,97)102-74-84(91)75-103-109(98,99)105-79-86(77-101-88(93)71-63-55-47-41-40-43-51-59-67-81(5)6)107-90(95)73-65-57-49-39-33-27-28-34-42-50-58-66-80(3)4/h80-86,91H,9-79H2,1-8H3,(H,96,97)(H,98,99)/t82?,83?,84-,85-,86-/m1/s1. The first-order valence-electron chi connectivity index (χ1n) is 46.3. The number of carbonyl (C=O) groups is 4. The van der Waals surface area contributed by atoms with Crippen LogP contribution < -0.4 is 0 Å². The van der Waals surface area contributed by atoms with Crippen LogP contribution in [0.3, 0.4) is 0 Å². The Balaban J connectivity index is 5.22. The van der Waals surface area contributed by atoms with Crippen molar-refractivity contribution >= 4 is 39.5 Å². The van der Waals surface area contributed by atoms with Gasteiger partial charge in [0.2, 0.25) is 0 Å². The molecule has 109 heavy (non-hydrogen) atoms. The summed E-state index contributed by atoms with van der Waals surface area (Å²) in [6.45, 7) is 14.4. The summed E-state index contributed by atoms with van der Waals surface area (Å²) in [5, 5.41) is 10.7. The number of aliphatic hydroxyl groups excluding tert-OH is 1. The van der Waals surface area contributed by atoms with Crippen LogP contribution in [0.2, 0.25) is 0 Å². The normalized spacial score (nSPS) is 14.4. The lowest BCUT2D eigenvalue weighted by Gasteiger charge is -2.21. The fourth-order valence-corrected chi connectivity index (χ4v) is 15.5. The first kappa shape index (κ1) is 107. The predicted octanol–water partition coefficient (Wildman–Crippen LogP) is 27.5. The number of unbranched alkanes of at least 4 members (excludes halogenated alkanes) is 51. The average Bonchev–Trinajstić information content (AvgIpc) is 0.900. The molecule has 0 aliphatic heterocycles. The Morgan fingerprint density at radius 1 is 0.257 bits per heavy atom. The Labute approximate surface area is 670 Å². The molecule has 4 unspecified atom stereocenters. The summed E-state index contributed by atoms with van der Waals surface area (Å²) in [5.74, 6) is 1.13. The van der Waals surface area contributed by atoms with Crippen molar-refractivity contribution in [1.82, 2.24) is 0 Å². The van der Waals surface area contributed by atoms with Crippen LogP contribution >= 0.6 is 15.6 Å². The molecule has 0 aliphatic carbocycles. The van der Waals surface area contributed by atoms with E-state index in [2.05, 4.69) is 55.4 Å². The summed E-state index contributed by atoms with van der Waals surface area (Å²) in [6, 6.07) is 0. The molecule has 0 aromatic carbocycles. The fraction of sp³-hybridized carbons (Fsp3) is 0.956. The van der Waals surface area contributed by atoms with E-state index in [1.54, 1.807) is 0 Å². The minimum absolute atomic E-state index is 0.106. The van der Waals surface area contributed by atoms with Crippen molar-refractivity contribution < 1.29 is 80.2 Å². The monoisotopic (exact) mass is 1590 g/mol. The van der Waals surface area contributed by atoms with Crippen LogP contribution in [-0.2, 0) is 65.4 Å². The molecule has 0 radical (unpaired) electrons. The SMILES string of the molecule is CCC(C)CCCCCCCCCCCCCCCCCCCCC(=O)OC[C@H](COP(=O)(O)OC[C@@H](O)COP(=O)(O)OC[C@@H](COC(=O)CCCCCCCCCCC(C)C)OC(=O)CCCCCCCCCCCCCC(C)C)OC(=O)CCCCCCCCCCCCCCCCCCCCC(C)CC. The molecule has 0 aromatic rings. The maximum Gasteiger partial charge on any atom is 0.472 e. The molecular formula is C90H176O17P2. The molecule has 0 aliphatic rings. The van der Waals surface area contributed by atoms with Crippen LogP contribution in [0.1, 0.15) is 473 Å². The van der Waals surface area contributed by atoms with Crippen molar-refractivity contribution in [2.24, 2.45) is 23.7 Å². The molecule has 7 atom stereocenters. The second-order valence-electron chi connectivity index (χ2n) is 33.8. The van der Waals surface area contributed by atoms with Crippen molar-refractivity contribution in [3.63, 3.8) is 0 Å². The third-order valence-corrected chi connectivity index (χ3v) is 23.7. The van der Waals surface area contributed by atoms with Crippen LogP contribution in [0.25, 0.3) is 0 Å². The second kappa shape index (κ2) is 78.6. The van der Waals surface area contributed by atoms with Crippen molar-refractivity contribution in [2.45, 2.75) is 491 Å². The van der Waals surface area contributed by atoms with E-state index in [4.69, 9.17) is 37.0 Å². The van der Waals surface area contributed by atoms with E-state index >= 15 is 0 Å². The summed E-state index contributed by atoms with van der Waals surface area (Å²) >= 11 is 0. The topological polar surface area (TPSA) is 237 Å². The highest BCUT2D eigenvalue weighted by Crippen LogP contribution is 2.45. The van der Waals surface area contributed by atoms with Gasteiger partial charge in [-0.15, -0.1) is 0 Å². The zero-order valence-electron chi connectivity index (χ0n) is 72.2. The largest absolute Gasteiger partial charge is 0.472 e. The van der Waals surface area contributed by atoms with Gasteiger partial charge in [0.25, 0.3) is 0 Å². The number of esters is 4. The van der Waals surface area contributed by atoms with Crippen LogP contribution in [0.5, 0.6) is 0 Å². The first-order valence-corrected chi connectivity index (χ1v) is 49.3. The summed E-state index contributed by atoms with van der Waals surface area (Å²) in [7, 11) is -9.93. The zero-order valence-corrected chi connectivity index (χ0v) is 74.0. The van der Waals surface area contributed by atoms with Crippen molar-refractivity contribution in [3.8, 4) is 0 Å². The Morgan fingerprint density at radius 2 is 0.440 bits per heavy atom. The molecule has 17 nitrogen and oxygen atoms in total. The van der Waals surface area contributed by atoms with Crippen molar-refractivity contribution in [1.29, 1.82) is 0 Å². The van der Waals surface area contributed by atoms with E-state index in [0.717, 1.165) is 114 Å². The molecule has 19 heteroatoms. The number of carbonyl (C=O) groups excluding carboxylic acids is 4. The van der Waals surface area contributed by atoms with Crippen LogP contribution in [-0.4, -0.2) is 96.7 Å². The van der Waals surface area contributed by atoms with Gasteiger partial charge < -0.3 is 33.8 Å².